The number of amides is 1. The number of nitrogens with two attached hydrogens (primary N) is 1. The second-order valence-corrected chi connectivity index (χ2v) is 4.46. The van der Waals surface area contributed by atoms with E-state index >= 15 is 0 Å². The van der Waals surface area contributed by atoms with E-state index in [1.165, 1.54) is 0 Å². The molecule has 1 saturated heterocycles. The maximum absolute atomic E-state index is 11.6. The van der Waals surface area contributed by atoms with Crippen molar-refractivity contribution in [3.8, 4) is 0 Å². The molecule has 0 saturated carbocycles. The summed E-state index contributed by atoms with van der Waals surface area (Å²) in [6.45, 7) is 4.24. The van der Waals surface area contributed by atoms with Gasteiger partial charge >= 0.3 is 0 Å². The maximum atomic E-state index is 11.6. The first kappa shape index (κ1) is 12.5. The number of ether oxygens (including phenoxy) is 1. The Morgan fingerprint density at radius 3 is 2.73 bits per heavy atom. The van der Waals surface area contributed by atoms with Crippen LogP contribution in [-0.4, -0.2) is 43.2 Å². The zero-order chi connectivity index (χ0) is 11.3. The molecule has 2 N–H and O–H groups in total. The van der Waals surface area contributed by atoms with E-state index in [1.54, 1.807) is 7.11 Å². The van der Waals surface area contributed by atoms with Gasteiger partial charge in [-0.3, -0.25) is 4.79 Å². The van der Waals surface area contributed by atoms with Gasteiger partial charge in [-0.1, -0.05) is 13.3 Å². The molecule has 1 aliphatic rings. The number of nitrogens with zero attached hydrogens (tertiary/aromatic N) is 1. The predicted molar refractivity (Wildman–Crippen MR) is 59.5 cm³/mol. The zero-order valence-corrected chi connectivity index (χ0v) is 9.79. The predicted octanol–water partition coefficient (Wildman–Crippen LogP) is 0.753. The standard InChI is InChI=1S/C11H22N2O2/c1-3-6-11(12)8-13(9-11)10(14)5-4-7-15-2/h3-9,12H2,1-2H3. The van der Waals surface area contributed by atoms with Gasteiger partial charge in [0.25, 0.3) is 0 Å². The molecule has 0 aliphatic carbocycles. The Kier molecular flexibility index (Phi) is 4.54. The van der Waals surface area contributed by atoms with E-state index in [2.05, 4.69) is 6.92 Å². The molecule has 1 rings (SSSR count). The van der Waals surface area contributed by atoms with Crippen LogP contribution in [0.15, 0.2) is 0 Å². The summed E-state index contributed by atoms with van der Waals surface area (Å²) in [5, 5.41) is 0. The molecule has 1 heterocycles. The molecule has 0 aromatic rings. The summed E-state index contributed by atoms with van der Waals surface area (Å²) in [5.41, 5.74) is 5.97. The van der Waals surface area contributed by atoms with Crippen molar-refractivity contribution in [3.63, 3.8) is 0 Å². The average Bonchev–Trinajstić information content (AvgIpc) is 2.14. The van der Waals surface area contributed by atoms with E-state index in [0.29, 0.717) is 13.0 Å². The molecule has 0 aromatic carbocycles. The highest BCUT2D eigenvalue weighted by Gasteiger charge is 2.40. The van der Waals surface area contributed by atoms with Crippen LogP contribution in [0.25, 0.3) is 0 Å². The van der Waals surface area contributed by atoms with Gasteiger partial charge in [-0.2, -0.15) is 0 Å². The van der Waals surface area contributed by atoms with Crippen LogP contribution >= 0.6 is 0 Å². The van der Waals surface area contributed by atoms with Crippen LogP contribution in [0.2, 0.25) is 0 Å². The summed E-state index contributed by atoms with van der Waals surface area (Å²) in [6.07, 6.45) is 3.48. The molecule has 0 bridgehead atoms. The highest BCUT2D eigenvalue weighted by Crippen LogP contribution is 2.23. The summed E-state index contributed by atoms with van der Waals surface area (Å²) in [4.78, 5) is 13.5. The van der Waals surface area contributed by atoms with Crippen LogP contribution in [0.4, 0.5) is 0 Å². The second kappa shape index (κ2) is 5.47. The number of likely N-dealkylation sites (tertiary alicyclic amines) is 1. The third-order valence-corrected chi connectivity index (χ3v) is 2.85. The van der Waals surface area contributed by atoms with E-state index in [-0.39, 0.29) is 11.4 Å². The number of hydrogen-bond acceptors (Lipinski definition) is 3. The van der Waals surface area contributed by atoms with Gasteiger partial charge in [0, 0.05) is 33.2 Å². The van der Waals surface area contributed by atoms with Crippen LogP contribution in [0.1, 0.15) is 32.6 Å². The molecular formula is C11H22N2O2. The molecule has 0 unspecified atom stereocenters. The van der Waals surface area contributed by atoms with Crippen LogP contribution in [0.5, 0.6) is 0 Å². The average molecular weight is 214 g/mol. The van der Waals surface area contributed by atoms with Gasteiger partial charge in [0.2, 0.25) is 5.91 Å². The lowest BCUT2D eigenvalue weighted by Gasteiger charge is -2.48. The zero-order valence-electron chi connectivity index (χ0n) is 9.79. The first-order chi connectivity index (χ1) is 7.11. The lowest BCUT2D eigenvalue weighted by atomic mass is 9.86. The molecule has 0 radical (unpaired) electrons. The van der Waals surface area contributed by atoms with Gasteiger partial charge < -0.3 is 15.4 Å². The molecule has 1 fully saturated rings. The topological polar surface area (TPSA) is 55.6 Å². The number of methoxy groups -OCH3 is 1. The number of carbonyl (C=O) groups is 1. The smallest absolute Gasteiger partial charge is 0.222 e. The summed E-state index contributed by atoms with van der Waals surface area (Å²) in [5.74, 6) is 0.212. The minimum absolute atomic E-state index is 0.105. The molecule has 4 heteroatoms. The van der Waals surface area contributed by atoms with Crippen molar-refractivity contribution in [1.29, 1.82) is 0 Å². The first-order valence-electron chi connectivity index (χ1n) is 5.67. The lowest BCUT2D eigenvalue weighted by Crippen LogP contribution is -2.68. The molecule has 4 nitrogen and oxygen atoms in total. The third-order valence-electron chi connectivity index (χ3n) is 2.85. The molecule has 88 valence electrons. The second-order valence-electron chi connectivity index (χ2n) is 4.46. The summed E-state index contributed by atoms with van der Waals surface area (Å²) in [7, 11) is 1.65. The minimum Gasteiger partial charge on any atom is -0.385 e. The molecular weight excluding hydrogens is 192 g/mol. The van der Waals surface area contributed by atoms with Gasteiger partial charge in [0.05, 0.1) is 5.54 Å². The van der Waals surface area contributed by atoms with Crippen molar-refractivity contribution in [2.45, 2.75) is 38.1 Å². The normalized spacial score (nSPS) is 18.7. The van der Waals surface area contributed by atoms with E-state index in [4.69, 9.17) is 10.5 Å². The molecule has 1 aliphatic heterocycles. The highest BCUT2D eigenvalue weighted by molar-refractivity contribution is 5.77. The first-order valence-corrected chi connectivity index (χ1v) is 5.67. The fourth-order valence-electron chi connectivity index (χ4n) is 2.07. The quantitative estimate of drug-likeness (QED) is 0.664. The van der Waals surface area contributed by atoms with E-state index in [0.717, 1.165) is 32.4 Å². The number of carbonyl (C=O) groups excluding carboxylic acids is 1. The van der Waals surface area contributed by atoms with Gasteiger partial charge in [0.15, 0.2) is 0 Å². The molecule has 15 heavy (non-hydrogen) atoms. The van der Waals surface area contributed by atoms with Crippen molar-refractivity contribution < 1.29 is 9.53 Å². The Balaban J connectivity index is 2.17. The largest absolute Gasteiger partial charge is 0.385 e. The number of rotatable bonds is 6. The fourth-order valence-corrected chi connectivity index (χ4v) is 2.07. The Hall–Kier alpha value is -0.610. The summed E-state index contributed by atoms with van der Waals surface area (Å²) in [6, 6.07) is 0. The van der Waals surface area contributed by atoms with Gasteiger partial charge in [-0.15, -0.1) is 0 Å². The van der Waals surface area contributed by atoms with E-state index in [9.17, 15) is 4.79 Å². The SMILES string of the molecule is CCCC1(N)CN(C(=O)CCCOC)C1. The van der Waals surface area contributed by atoms with E-state index in [1.807, 2.05) is 4.90 Å². The van der Waals surface area contributed by atoms with Crippen molar-refractivity contribution in [1.82, 2.24) is 4.90 Å². The molecule has 0 atom stereocenters. The Morgan fingerprint density at radius 2 is 2.20 bits per heavy atom. The lowest BCUT2D eigenvalue weighted by molar-refractivity contribution is -0.139. The third kappa shape index (κ3) is 3.47. The van der Waals surface area contributed by atoms with Gasteiger partial charge in [0.1, 0.15) is 0 Å². The Bertz CT molecular complexity index is 213. The van der Waals surface area contributed by atoms with Crippen molar-refractivity contribution in [3.05, 3.63) is 0 Å². The van der Waals surface area contributed by atoms with Crippen LogP contribution in [-0.2, 0) is 9.53 Å². The summed E-state index contributed by atoms with van der Waals surface area (Å²) >= 11 is 0. The van der Waals surface area contributed by atoms with E-state index < -0.39 is 0 Å². The van der Waals surface area contributed by atoms with Crippen molar-refractivity contribution in [2.24, 2.45) is 5.73 Å². The van der Waals surface area contributed by atoms with Crippen LogP contribution in [0.3, 0.4) is 0 Å². The number of hydrogen-bond donors (Lipinski definition) is 1. The van der Waals surface area contributed by atoms with Gasteiger partial charge in [-0.05, 0) is 12.8 Å². The van der Waals surface area contributed by atoms with Crippen molar-refractivity contribution >= 4 is 5.91 Å². The highest BCUT2D eigenvalue weighted by atomic mass is 16.5. The molecule has 1 amide bonds. The Labute approximate surface area is 91.8 Å². The van der Waals surface area contributed by atoms with Crippen LogP contribution in [0, 0.1) is 0 Å². The van der Waals surface area contributed by atoms with Gasteiger partial charge in [-0.25, -0.2) is 0 Å². The monoisotopic (exact) mass is 214 g/mol. The molecule has 0 aromatic heterocycles. The minimum atomic E-state index is -0.105. The summed E-state index contributed by atoms with van der Waals surface area (Å²) < 4.78 is 4.91. The molecule has 0 spiro atoms. The van der Waals surface area contributed by atoms with Crippen LogP contribution < -0.4 is 5.73 Å². The Morgan fingerprint density at radius 1 is 1.53 bits per heavy atom. The van der Waals surface area contributed by atoms with Crippen molar-refractivity contribution in [2.75, 3.05) is 26.8 Å². The maximum Gasteiger partial charge on any atom is 0.222 e. The fraction of sp³-hybridized carbons (Fsp3) is 0.909.